The Morgan fingerprint density at radius 1 is 1.35 bits per heavy atom. The van der Waals surface area contributed by atoms with Gasteiger partial charge in [-0.05, 0) is 30.5 Å². The molecule has 0 amide bonds. The van der Waals surface area contributed by atoms with Crippen molar-refractivity contribution in [2.45, 2.75) is 33.8 Å². The Kier molecular flexibility index (Phi) is 4.15. The molecule has 0 saturated heterocycles. The van der Waals surface area contributed by atoms with Gasteiger partial charge in [-0.1, -0.05) is 20.8 Å². The van der Waals surface area contributed by atoms with E-state index in [2.05, 4.69) is 25.7 Å². The van der Waals surface area contributed by atoms with Crippen molar-refractivity contribution in [2.24, 2.45) is 5.41 Å². The van der Waals surface area contributed by atoms with Crippen LogP contribution >= 0.6 is 0 Å². The maximum atomic E-state index is 13.2. The van der Waals surface area contributed by atoms with Crippen LogP contribution in [-0.4, -0.2) is 18.7 Å². The molecule has 17 heavy (non-hydrogen) atoms. The summed E-state index contributed by atoms with van der Waals surface area (Å²) >= 11 is 0. The zero-order valence-electron chi connectivity index (χ0n) is 11.3. The summed E-state index contributed by atoms with van der Waals surface area (Å²) in [6.45, 7) is 8.95. The molecule has 0 radical (unpaired) electrons. The second-order valence-corrected chi connectivity index (χ2v) is 5.80. The molecule has 2 nitrogen and oxygen atoms in total. The average molecular weight is 239 g/mol. The number of aliphatic hydroxyl groups excluding tert-OH is 1. The van der Waals surface area contributed by atoms with Gasteiger partial charge in [0.1, 0.15) is 5.82 Å². The Bertz CT molecular complexity index is 382. The standard InChI is InChI=1S/C14H22FNO/c1-10(17)12-8-11(15)6-7-13(12)16(5)9-14(2,3)4/h6-8,10,17H,9H2,1-5H3/t10-/m1/s1. The molecule has 0 fully saturated rings. The number of hydrogen-bond acceptors (Lipinski definition) is 2. The summed E-state index contributed by atoms with van der Waals surface area (Å²) in [7, 11) is 1.96. The molecule has 1 aromatic carbocycles. The van der Waals surface area contributed by atoms with Gasteiger partial charge in [-0.3, -0.25) is 0 Å². The summed E-state index contributed by atoms with van der Waals surface area (Å²) in [6, 6.07) is 4.56. The fraction of sp³-hybridized carbons (Fsp3) is 0.571. The van der Waals surface area contributed by atoms with Crippen molar-refractivity contribution in [1.29, 1.82) is 0 Å². The maximum Gasteiger partial charge on any atom is 0.123 e. The highest BCUT2D eigenvalue weighted by molar-refractivity contribution is 5.54. The Balaban J connectivity index is 3.04. The van der Waals surface area contributed by atoms with E-state index >= 15 is 0 Å². The van der Waals surface area contributed by atoms with Gasteiger partial charge in [-0.2, -0.15) is 0 Å². The largest absolute Gasteiger partial charge is 0.389 e. The molecule has 1 atom stereocenters. The Labute approximate surface area is 103 Å². The summed E-state index contributed by atoms with van der Waals surface area (Å²) in [5, 5.41) is 9.68. The van der Waals surface area contributed by atoms with E-state index in [1.165, 1.54) is 12.1 Å². The topological polar surface area (TPSA) is 23.5 Å². The molecule has 1 aromatic rings. The molecule has 0 heterocycles. The van der Waals surface area contributed by atoms with E-state index in [1.54, 1.807) is 13.0 Å². The van der Waals surface area contributed by atoms with Gasteiger partial charge in [0.2, 0.25) is 0 Å². The van der Waals surface area contributed by atoms with Crippen molar-refractivity contribution in [1.82, 2.24) is 0 Å². The summed E-state index contributed by atoms with van der Waals surface area (Å²) < 4.78 is 13.2. The van der Waals surface area contributed by atoms with Gasteiger partial charge in [0, 0.05) is 24.8 Å². The number of halogens is 1. The maximum absolute atomic E-state index is 13.2. The molecule has 0 unspecified atom stereocenters. The monoisotopic (exact) mass is 239 g/mol. The van der Waals surface area contributed by atoms with Gasteiger partial charge in [0.25, 0.3) is 0 Å². The van der Waals surface area contributed by atoms with Gasteiger partial charge in [-0.25, -0.2) is 4.39 Å². The summed E-state index contributed by atoms with van der Waals surface area (Å²) in [5.74, 6) is -0.311. The predicted molar refractivity (Wildman–Crippen MR) is 69.8 cm³/mol. The number of rotatable bonds is 3. The van der Waals surface area contributed by atoms with Crippen LogP contribution in [-0.2, 0) is 0 Å². The predicted octanol–water partition coefficient (Wildman–Crippen LogP) is 3.36. The second kappa shape index (κ2) is 5.05. The van der Waals surface area contributed by atoms with Crippen molar-refractivity contribution in [3.8, 4) is 0 Å². The third-order valence-electron chi connectivity index (χ3n) is 2.56. The third kappa shape index (κ3) is 4.00. The van der Waals surface area contributed by atoms with Crippen molar-refractivity contribution < 1.29 is 9.50 Å². The first-order chi connectivity index (χ1) is 7.70. The Morgan fingerprint density at radius 3 is 2.41 bits per heavy atom. The molecule has 0 aliphatic heterocycles. The number of aliphatic hydroxyl groups is 1. The van der Waals surface area contributed by atoms with Gasteiger partial charge in [0.05, 0.1) is 6.10 Å². The van der Waals surface area contributed by atoms with Gasteiger partial charge in [0.15, 0.2) is 0 Å². The van der Waals surface area contributed by atoms with Crippen LogP contribution in [0.25, 0.3) is 0 Å². The molecule has 1 N–H and O–H groups in total. The number of benzene rings is 1. The highest BCUT2D eigenvalue weighted by atomic mass is 19.1. The third-order valence-corrected chi connectivity index (χ3v) is 2.56. The van der Waals surface area contributed by atoms with E-state index in [1.807, 2.05) is 7.05 Å². The van der Waals surface area contributed by atoms with Crippen molar-refractivity contribution in [3.05, 3.63) is 29.6 Å². The minimum absolute atomic E-state index is 0.152. The number of hydrogen-bond donors (Lipinski definition) is 1. The Hall–Kier alpha value is -1.09. The smallest absolute Gasteiger partial charge is 0.123 e. The highest BCUT2D eigenvalue weighted by Gasteiger charge is 2.18. The van der Waals surface area contributed by atoms with E-state index in [0.29, 0.717) is 5.56 Å². The zero-order valence-corrected chi connectivity index (χ0v) is 11.3. The van der Waals surface area contributed by atoms with E-state index in [0.717, 1.165) is 12.2 Å². The average Bonchev–Trinajstić information content (AvgIpc) is 2.14. The molecule has 1 rings (SSSR count). The first kappa shape index (κ1) is 14.0. The van der Waals surface area contributed by atoms with Gasteiger partial charge in [-0.15, -0.1) is 0 Å². The lowest BCUT2D eigenvalue weighted by atomic mass is 9.95. The SMILES string of the molecule is C[C@@H](O)c1cc(F)ccc1N(C)CC(C)(C)C. The lowest BCUT2D eigenvalue weighted by Crippen LogP contribution is -2.30. The summed E-state index contributed by atoms with van der Waals surface area (Å²) in [4.78, 5) is 2.06. The van der Waals surface area contributed by atoms with Crippen LogP contribution in [0.1, 0.15) is 39.4 Å². The minimum atomic E-state index is -0.664. The van der Waals surface area contributed by atoms with Gasteiger partial charge < -0.3 is 10.0 Å². The van der Waals surface area contributed by atoms with E-state index < -0.39 is 6.10 Å². The van der Waals surface area contributed by atoms with Crippen LogP contribution in [0.4, 0.5) is 10.1 Å². The fourth-order valence-corrected chi connectivity index (χ4v) is 2.00. The lowest BCUT2D eigenvalue weighted by Gasteiger charge is -2.30. The number of nitrogens with zero attached hydrogens (tertiary/aromatic N) is 1. The van der Waals surface area contributed by atoms with Crippen molar-refractivity contribution in [3.63, 3.8) is 0 Å². The zero-order chi connectivity index (χ0) is 13.2. The van der Waals surface area contributed by atoms with Gasteiger partial charge >= 0.3 is 0 Å². The molecular weight excluding hydrogens is 217 g/mol. The van der Waals surface area contributed by atoms with Crippen LogP contribution in [0.15, 0.2) is 18.2 Å². The van der Waals surface area contributed by atoms with Crippen LogP contribution in [0.5, 0.6) is 0 Å². The van der Waals surface area contributed by atoms with Crippen LogP contribution in [0, 0.1) is 11.2 Å². The molecule has 0 spiro atoms. The van der Waals surface area contributed by atoms with Crippen molar-refractivity contribution >= 4 is 5.69 Å². The minimum Gasteiger partial charge on any atom is -0.389 e. The Morgan fingerprint density at radius 2 is 1.94 bits per heavy atom. The molecule has 3 heteroatoms. The van der Waals surface area contributed by atoms with Crippen LogP contribution in [0.2, 0.25) is 0 Å². The first-order valence-corrected chi connectivity index (χ1v) is 5.89. The molecule has 0 aliphatic rings. The summed E-state index contributed by atoms with van der Waals surface area (Å²) in [5.41, 5.74) is 1.67. The van der Waals surface area contributed by atoms with E-state index in [9.17, 15) is 9.50 Å². The van der Waals surface area contributed by atoms with E-state index in [-0.39, 0.29) is 11.2 Å². The summed E-state index contributed by atoms with van der Waals surface area (Å²) in [6.07, 6.45) is -0.664. The second-order valence-electron chi connectivity index (χ2n) is 5.80. The molecule has 0 bridgehead atoms. The van der Waals surface area contributed by atoms with E-state index in [4.69, 9.17) is 0 Å². The molecule has 0 aromatic heterocycles. The molecule has 0 saturated carbocycles. The molecular formula is C14H22FNO. The lowest BCUT2D eigenvalue weighted by molar-refractivity contribution is 0.199. The first-order valence-electron chi connectivity index (χ1n) is 5.89. The van der Waals surface area contributed by atoms with Crippen LogP contribution < -0.4 is 4.90 Å². The quantitative estimate of drug-likeness (QED) is 0.874. The van der Waals surface area contributed by atoms with Crippen LogP contribution in [0.3, 0.4) is 0 Å². The highest BCUT2D eigenvalue weighted by Crippen LogP contribution is 2.28. The molecule has 0 aliphatic carbocycles. The number of anilines is 1. The van der Waals surface area contributed by atoms with Crippen molar-refractivity contribution in [2.75, 3.05) is 18.5 Å². The molecule has 96 valence electrons. The fourth-order valence-electron chi connectivity index (χ4n) is 2.00. The normalized spacial score (nSPS) is 13.6.